The Morgan fingerprint density at radius 3 is 2.38 bits per heavy atom. The lowest BCUT2D eigenvalue weighted by Gasteiger charge is -2.13. The highest BCUT2D eigenvalue weighted by atomic mass is 79.9. The summed E-state index contributed by atoms with van der Waals surface area (Å²) in [6.07, 6.45) is -4.41. The Balaban J connectivity index is 2.26. The summed E-state index contributed by atoms with van der Waals surface area (Å²) in [5, 5.41) is 2.97. The van der Waals surface area contributed by atoms with E-state index in [0.717, 1.165) is 16.6 Å². The molecule has 0 saturated heterocycles. The molecule has 7 heteroatoms. The topological polar surface area (TPSA) is 47.3 Å². The van der Waals surface area contributed by atoms with Gasteiger partial charge in [-0.05, 0) is 52.3 Å². The summed E-state index contributed by atoms with van der Waals surface area (Å²) >= 11 is 3.33. The van der Waals surface area contributed by atoms with Crippen LogP contribution in [-0.4, -0.2) is 7.11 Å². The first-order chi connectivity index (χ1) is 9.81. The fourth-order valence-electron chi connectivity index (χ4n) is 1.75. The highest BCUT2D eigenvalue weighted by Gasteiger charge is 2.30. The largest absolute Gasteiger partial charge is 0.496 e. The number of nitrogens with two attached hydrogens (primary N) is 1. The van der Waals surface area contributed by atoms with Crippen LogP contribution >= 0.6 is 15.9 Å². The van der Waals surface area contributed by atoms with E-state index >= 15 is 0 Å². The van der Waals surface area contributed by atoms with Crippen molar-refractivity contribution in [3.05, 3.63) is 46.4 Å². The Hall–Kier alpha value is -1.89. The van der Waals surface area contributed by atoms with Crippen LogP contribution in [0.25, 0.3) is 0 Å². The zero-order valence-electron chi connectivity index (χ0n) is 11.0. The lowest BCUT2D eigenvalue weighted by atomic mass is 10.1. The highest BCUT2D eigenvalue weighted by Crippen LogP contribution is 2.35. The molecule has 0 aliphatic heterocycles. The van der Waals surface area contributed by atoms with Gasteiger partial charge >= 0.3 is 6.18 Å². The van der Waals surface area contributed by atoms with E-state index in [-0.39, 0.29) is 5.69 Å². The second-order valence-electron chi connectivity index (χ2n) is 4.27. The number of hydrogen-bond acceptors (Lipinski definition) is 3. The number of benzene rings is 2. The third-order valence-electron chi connectivity index (χ3n) is 2.81. The summed E-state index contributed by atoms with van der Waals surface area (Å²) in [5.41, 5.74) is 5.99. The molecule has 2 aromatic carbocycles. The Morgan fingerprint density at radius 2 is 1.86 bits per heavy atom. The van der Waals surface area contributed by atoms with E-state index < -0.39 is 11.7 Å². The molecule has 3 nitrogen and oxygen atoms in total. The minimum Gasteiger partial charge on any atom is -0.496 e. The van der Waals surface area contributed by atoms with E-state index in [1.165, 1.54) is 6.07 Å². The molecule has 0 heterocycles. The molecule has 0 aromatic heterocycles. The zero-order chi connectivity index (χ0) is 15.6. The summed E-state index contributed by atoms with van der Waals surface area (Å²) < 4.78 is 43.5. The van der Waals surface area contributed by atoms with Gasteiger partial charge in [-0.15, -0.1) is 0 Å². The van der Waals surface area contributed by atoms with Gasteiger partial charge in [-0.3, -0.25) is 0 Å². The second-order valence-corrected chi connectivity index (χ2v) is 5.13. The first kappa shape index (κ1) is 15.5. The Bertz CT molecular complexity index is 659. The Kier molecular flexibility index (Phi) is 4.32. The van der Waals surface area contributed by atoms with Crippen LogP contribution in [0.4, 0.5) is 30.2 Å². The van der Waals surface area contributed by atoms with Crippen LogP contribution in [0, 0.1) is 0 Å². The molecular formula is C14H12BrF3N2O. The number of alkyl halides is 3. The number of hydrogen-bond donors (Lipinski definition) is 2. The average molecular weight is 361 g/mol. The van der Waals surface area contributed by atoms with Crippen molar-refractivity contribution in [2.75, 3.05) is 18.2 Å². The lowest BCUT2D eigenvalue weighted by Crippen LogP contribution is -2.06. The smallest absolute Gasteiger partial charge is 0.416 e. The molecule has 2 aromatic rings. The molecular weight excluding hydrogens is 349 g/mol. The summed E-state index contributed by atoms with van der Waals surface area (Å²) in [5.74, 6) is 0.654. The lowest BCUT2D eigenvalue weighted by molar-refractivity contribution is -0.137. The molecule has 112 valence electrons. The van der Waals surface area contributed by atoms with Gasteiger partial charge in [0.2, 0.25) is 0 Å². The Morgan fingerprint density at radius 1 is 1.14 bits per heavy atom. The van der Waals surface area contributed by atoms with Crippen molar-refractivity contribution in [3.8, 4) is 5.75 Å². The van der Waals surface area contributed by atoms with E-state index in [2.05, 4.69) is 21.2 Å². The van der Waals surface area contributed by atoms with Crippen molar-refractivity contribution in [2.45, 2.75) is 6.18 Å². The molecule has 0 unspecified atom stereocenters. The average Bonchev–Trinajstić information content (AvgIpc) is 2.40. The van der Waals surface area contributed by atoms with E-state index in [1.54, 1.807) is 25.3 Å². The number of anilines is 3. The molecule has 0 bridgehead atoms. The van der Waals surface area contributed by atoms with Gasteiger partial charge in [-0.25, -0.2) is 0 Å². The van der Waals surface area contributed by atoms with Gasteiger partial charge < -0.3 is 15.8 Å². The van der Waals surface area contributed by atoms with Gasteiger partial charge in [0.25, 0.3) is 0 Å². The van der Waals surface area contributed by atoms with Crippen molar-refractivity contribution in [1.29, 1.82) is 0 Å². The molecule has 0 amide bonds. The maximum absolute atomic E-state index is 12.6. The van der Waals surface area contributed by atoms with Crippen molar-refractivity contribution >= 4 is 33.0 Å². The first-order valence-corrected chi connectivity index (χ1v) is 6.68. The molecule has 0 radical (unpaired) electrons. The number of nitrogens with one attached hydrogen (secondary N) is 1. The summed E-state index contributed by atoms with van der Waals surface area (Å²) in [6.45, 7) is 0. The van der Waals surface area contributed by atoms with Crippen molar-refractivity contribution in [1.82, 2.24) is 0 Å². The molecule has 0 aliphatic rings. The predicted molar refractivity (Wildman–Crippen MR) is 79.8 cm³/mol. The second kappa shape index (κ2) is 5.85. The highest BCUT2D eigenvalue weighted by molar-refractivity contribution is 9.10. The number of ether oxygens (including phenoxy) is 1. The fraction of sp³-hybridized carbons (Fsp3) is 0.143. The molecule has 0 aliphatic carbocycles. The molecule has 0 spiro atoms. The van der Waals surface area contributed by atoms with E-state index in [1.807, 2.05) is 0 Å². The molecule has 3 N–H and O–H groups in total. The summed E-state index contributed by atoms with van der Waals surface area (Å²) in [7, 11) is 1.54. The van der Waals surface area contributed by atoms with Gasteiger partial charge in [-0.2, -0.15) is 13.2 Å². The number of methoxy groups -OCH3 is 1. The maximum atomic E-state index is 12.6. The van der Waals surface area contributed by atoms with Crippen LogP contribution in [0.3, 0.4) is 0 Å². The third kappa shape index (κ3) is 3.60. The zero-order valence-corrected chi connectivity index (χ0v) is 12.5. The molecule has 0 fully saturated rings. The van der Waals surface area contributed by atoms with Crippen molar-refractivity contribution in [2.24, 2.45) is 0 Å². The number of nitrogen functional groups attached to an aromatic ring is 1. The van der Waals surface area contributed by atoms with E-state index in [4.69, 9.17) is 10.5 Å². The van der Waals surface area contributed by atoms with Crippen molar-refractivity contribution < 1.29 is 17.9 Å². The quantitative estimate of drug-likeness (QED) is 0.772. The molecule has 21 heavy (non-hydrogen) atoms. The van der Waals surface area contributed by atoms with Crippen molar-refractivity contribution in [3.63, 3.8) is 0 Å². The third-order valence-corrected chi connectivity index (χ3v) is 3.43. The van der Waals surface area contributed by atoms with Gasteiger partial charge in [0, 0.05) is 5.69 Å². The monoisotopic (exact) mass is 360 g/mol. The van der Waals surface area contributed by atoms with Crippen LogP contribution in [0.5, 0.6) is 5.75 Å². The van der Waals surface area contributed by atoms with Gasteiger partial charge in [0.05, 0.1) is 28.5 Å². The maximum Gasteiger partial charge on any atom is 0.416 e. The molecule has 0 saturated carbocycles. The van der Waals surface area contributed by atoms with Gasteiger partial charge in [0.15, 0.2) is 0 Å². The van der Waals surface area contributed by atoms with E-state index in [0.29, 0.717) is 17.1 Å². The van der Waals surface area contributed by atoms with E-state index in [9.17, 15) is 13.2 Å². The predicted octanol–water partition coefficient (Wildman–Crippen LogP) is 4.80. The summed E-state index contributed by atoms with van der Waals surface area (Å²) in [4.78, 5) is 0. The van der Waals surface area contributed by atoms with Crippen LogP contribution in [0.1, 0.15) is 5.56 Å². The number of halogens is 4. The van der Waals surface area contributed by atoms with Crippen LogP contribution < -0.4 is 15.8 Å². The fourth-order valence-corrected chi connectivity index (χ4v) is 2.29. The van der Waals surface area contributed by atoms with Gasteiger partial charge in [-0.1, -0.05) is 0 Å². The Labute approximate surface area is 128 Å². The standard InChI is InChI=1S/C14H12BrF3N2O/c1-21-13-5-3-9(7-10(13)15)20-12-4-2-8(6-11(12)19)14(16,17)18/h2-7,20H,19H2,1H3. The minimum absolute atomic E-state index is 0.0248. The normalized spacial score (nSPS) is 11.3. The molecule has 2 rings (SSSR count). The van der Waals surface area contributed by atoms with Crippen LogP contribution in [0.15, 0.2) is 40.9 Å². The van der Waals surface area contributed by atoms with Gasteiger partial charge in [0.1, 0.15) is 5.75 Å². The SMILES string of the molecule is COc1ccc(Nc2ccc(C(F)(F)F)cc2N)cc1Br. The summed E-state index contributed by atoms with van der Waals surface area (Å²) in [6, 6.07) is 8.40. The minimum atomic E-state index is -4.41. The van der Waals surface area contributed by atoms with Crippen LogP contribution in [0.2, 0.25) is 0 Å². The number of rotatable bonds is 3. The first-order valence-electron chi connectivity index (χ1n) is 5.88. The van der Waals surface area contributed by atoms with Crippen LogP contribution in [-0.2, 0) is 6.18 Å². The molecule has 0 atom stereocenters.